The smallest absolute Gasteiger partial charge is 0.313 e. The van der Waals surface area contributed by atoms with Gasteiger partial charge in [-0.25, -0.2) is 8.78 Å². The zero-order chi connectivity index (χ0) is 14.0. The van der Waals surface area contributed by atoms with Gasteiger partial charge in [-0.05, 0) is 12.1 Å². The minimum Gasteiger partial charge on any atom is -0.481 e. The second-order valence-electron chi connectivity index (χ2n) is 3.65. The Hall–Kier alpha value is -1.96. The van der Waals surface area contributed by atoms with Crippen molar-refractivity contribution in [2.24, 2.45) is 7.05 Å². The van der Waals surface area contributed by atoms with E-state index in [1.54, 1.807) is 7.05 Å². The Labute approximate surface area is 111 Å². The first-order valence-electron chi connectivity index (χ1n) is 5.19. The van der Waals surface area contributed by atoms with Crippen LogP contribution in [0.3, 0.4) is 0 Å². The molecule has 2 rings (SSSR count). The van der Waals surface area contributed by atoms with Crippen molar-refractivity contribution >= 4 is 17.7 Å². The lowest BCUT2D eigenvalue weighted by atomic mass is 10.2. The monoisotopic (exact) mass is 285 g/mol. The molecule has 100 valence electrons. The average Bonchev–Trinajstić information content (AvgIpc) is 2.72. The lowest BCUT2D eigenvalue weighted by Crippen LogP contribution is -2.01. The molecule has 1 aromatic carbocycles. The Kier molecular flexibility index (Phi) is 3.79. The van der Waals surface area contributed by atoms with Crippen LogP contribution in [0.2, 0.25) is 0 Å². The molecule has 19 heavy (non-hydrogen) atoms. The van der Waals surface area contributed by atoms with Gasteiger partial charge in [-0.2, -0.15) is 0 Å². The first-order valence-corrected chi connectivity index (χ1v) is 6.17. The third kappa shape index (κ3) is 2.73. The molecule has 0 amide bonds. The van der Waals surface area contributed by atoms with Gasteiger partial charge >= 0.3 is 5.97 Å². The lowest BCUT2D eigenvalue weighted by molar-refractivity contribution is -0.133. The fraction of sp³-hybridized carbons (Fsp3) is 0.182. The number of carbonyl (C=O) groups is 1. The molecular formula is C11H9F2N3O2S. The van der Waals surface area contributed by atoms with Gasteiger partial charge in [-0.3, -0.25) is 4.79 Å². The van der Waals surface area contributed by atoms with Crippen molar-refractivity contribution in [2.75, 3.05) is 5.75 Å². The van der Waals surface area contributed by atoms with Crippen LogP contribution < -0.4 is 0 Å². The van der Waals surface area contributed by atoms with Crippen LogP contribution in [0.4, 0.5) is 8.78 Å². The number of hydrogen-bond acceptors (Lipinski definition) is 4. The van der Waals surface area contributed by atoms with Crippen molar-refractivity contribution in [1.29, 1.82) is 0 Å². The van der Waals surface area contributed by atoms with Gasteiger partial charge in [0.15, 0.2) is 22.6 Å². The minimum absolute atomic E-state index is 0.0165. The molecule has 0 unspecified atom stereocenters. The first kappa shape index (κ1) is 13.5. The summed E-state index contributed by atoms with van der Waals surface area (Å²) in [7, 11) is 1.56. The largest absolute Gasteiger partial charge is 0.481 e. The molecule has 5 nitrogen and oxygen atoms in total. The molecule has 0 saturated carbocycles. The van der Waals surface area contributed by atoms with Gasteiger partial charge in [0.2, 0.25) is 0 Å². The van der Waals surface area contributed by atoms with E-state index in [4.69, 9.17) is 5.11 Å². The molecule has 2 aromatic rings. The maximum atomic E-state index is 13.6. The van der Waals surface area contributed by atoms with Crippen LogP contribution in [0.15, 0.2) is 23.4 Å². The molecule has 0 aliphatic heterocycles. The average molecular weight is 285 g/mol. The first-order chi connectivity index (χ1) is 9.00. The Bertz CT molecular complexity index is 630. The summed E-state index contributed by atoms with van der Waals surface area (Å²) in [5.41, 5.74) is -0.0165. The molecule has 0 spiro atoms. The zero-order valence-corrected chi connectivity index (χ0v) is 10.6. The fourth-order valence-electron chi connectivity index (χ4n) is 1.48. The number of halogens is 2. The number of carboxylic acids is 1. The van der Waals surface area contributed by atoms with Crippen molar-refractivity contribution in [1.82, 2.24) is 14.8 Å². The van der Waals surface area contributed by atoms with E-state index in [1.165, 1.54) is 16.7 Å². The second-order valence-corrected chi connectivity index (χ2v) is 4.59. The van der Waals surface area contributed by atoms with E-state index in [0.717, 1.165) is 17.8 Å². The minimum atomic E-state index is -1.01. The van der Waals surface area contributed by atoms with Gasteiger partial charge < -0.3 is 9.67 Å². The maximum Gasteiger partial charge on any atom is 0.313 e. The van der Waals surface area contributed by atoms with Crippen molar-refractivity contribution in [3.63, 3.8) is 0 Å². The van der Waals surface area contributed by atoms with Crippen LogP contribution in [0.5, 0.6) is 0 Å². The molecule has 1 N–H and O–H groups in total. The lowest BCUT2D eigenvalue weighted by Gasteiger charge is -2.04. The molecule has 1 aromatic heterocycles. The Balaban J connectivity index is 2.36. The highest BCUT2D eigenvalue weighted by Gasteiger charge is 2.17. The Morgan fingerprint density at radius 3 is 2.84 bits per heavy atom. The predicted molar refractivity (Wildman–Crippen MR) is 64.7 cm³/mol. The highest BCUT2D eigenvalue weighted by atomic mass is 32.2. The summed E-state index contributed by atoms with van der Waals surface area (Å²) in [6, 6.07) is 3.76. The van der Waals surface area contributed by atoms with E-state index in [1.807, 2.05) is 0 Å². The second kappa shape index (κ2) is 5.35. The van der Waals surface area contributed by atoms with Crippen LogP contribution >= 0.6 is 11.8 Å². The summed E-state index contributed by atoms with van der Waals surface area (Å²) in [6.45, 7) is 0. The molecule has 0 radical (unpaired) electrons. The Morgan fingerprint density at radius 2 is 2.16 bits per heavy atom. The number of carboxylic acid groups (broad SMARTS) is 1. The number of nitrogens with zero attached hydrogens (tertiary/aromatic N) is 3. The fourth-order valence-corrected chi connectivity index (χ4v) is 2.11. The van der Waals surface area contributed by atoms with E-state index < -0.39 is 17.6 Å². The quantitative estimate of drug-likeness (QED) is 0.869. The standard InChI is InChI=1S/C11H9F2N3O2S/c1-16-10(6-3-2-4-7(12)9(6)13)14-15-11(16)19-5-8(17)18/h2-4H,5H2,1H3,(H,17,18). The molecule has 0 aliphatic rings. The van der Waals surface area contributed by atoms with Crippen molar-refractivity contribution in [3.8, 4) is 11.4 Å². The SMILES string of the molecule is Cn1c(SCC(=O)O)nnc1-c1cccc(F)c1F. The Morgan fingerprint density at radius 1 is 1.42 bits per heavy atom. The molecule has 8 heteroatoms. The number of aliphatic carboxylic acids is 1. The van der Waals surface area contributed by atoms with Gasteiger partial charge in [-0.15, -0.1) is 10.2 Å². The van der Waals surface area contributed by atoms with Crippen LogP contribution in [0.1, 0.15) is 0 Å². The van der Waals surface area contributed by atoms with Crippen molar-refractivity contribution in [2.45, 2.75) is 5.16 Å². The molecule has 0 saturated heterocycles. The third-order valence-electron chi connectivity index (χ3n) is 2.35. The molecule has 1 heterocycles. The zero-order valence-electron chi connectivity index (χ0n) is 9.80. The van der Waals surface area contributed by atoms with Crippen LogP contribution in [-0.4, -0.2) is 31.6 Å². The summed E-state index contributed by atoms with van der Waals surface area (Å²) >= 11 is 0.954. The highest BCUT2D eigenvalue weighted by Crippen LogP contribution is 2.25. The summed E-state index contributed by atoms with van der Waals surface area (Å²) < 4.78 is 28.2. The van der Waals surface area contributed by atoms with Gasteiger partial charge in [0, 0.05) is 7.05 Å². The maximum absolute atomic E-state index is 13.6. The van der Waals surface area contributed by atoms with Crippen LogP contribution in [0.25, 0.3) is 11.4 Å². The number of benzene rings is 1. The molecule has 0 bridgehead atoms. The predicted octanol–water partition coefficient (Wildman–Crippen LogP) is 1.94. The van der Waals surface area contributed by atoms with E-state index in [-0.39, 0.29) is 17.1 Å². The van der Waals surface area contributed by atoms with Gasteiger partial charge in [0.1, 0.15) is 0 Å². The van der Waals surface area contributed by atoms with Crippen LogP contribution in [0, 0.1) is 11.6 Å². The molecular weight excluding hydrogens is 276 g/mol. The van der Waals surface area contributed by atoms with Gasteiger partial charge in [-0.1, -0.05) is 17.8 Å². The highest BCUT2D eigenvalue weighted by molar-refractivity contribution is 7.99. The van der Waals surface area contributed by atoms with Gasteiger partial charge in [0.05, 0.1) is 11.3 Å². The topological polar surface area (TPSA) is 68.0 Å². The summed E-state index contributed by atoms with van der Waals surface area (Å²) in [5.74, 6) is -3.01. The van der Waals surface area contributed by atoms with E-state index >= 15 is 0 Å². The van der Waals surface area contributed by atoms with Crippen molar-refractivity contribution in [3.05, 3.63) is 29.8 Å². The molecule has 0 fully saturated rings. The number of rotatable bonds is 4. The number of hydrogen-bond donors (Lipinski definition) is 1. The normalized spacial score (nSPS) is 10.7. The third-order valence-corrected chi connectivity index (χ3v) is 3.36. The molecule has 0 atom stereocenters. The molecule has 0 aliphatic carbocycles. The van der Waals surface area contributed by atoms with Crippen LogP contribution in [-0.2, 0) is 11.8 Å². The van der Waals surface area contributed by atoms with E-state index in [2.05, 4.69) is 10.2 Å². The van der Waals surface area contributed by atoms with E-state index in [0.29, 0.717) is 5.16 Å². The number of thioether (sulfide) groups is 1. The van der Waals surface area contributed by atoms with Crippen molar-refractivity contribution < 1.29 is 18.7 Å². The summed E-state index contributed by atoms with van der Waals surface area (Å²) in [6.07, 6.45) is 0. The summed E-state index contributed by atoms with van der Waals surface area (Å²) in [5, 5.41) is 16.4. The van der Waals surface area contributed by atoms with E-state index in [9.17, 15) is 13.6 Å². The van der Waals surface area contributed by atoms with Gasteiger partial charge in [0.25, 0.3) is 0 Å². The number of aromatic nitrogens is 3. The summed E-state index contributed by atoms with van der Waals surface area (Å²) in [4.78, 5) is 10.5.